The molecule has 2 N–H and O–H groups in total. The molecule has 2 aromatic carbocycles. The number of aromatic hydroxyl groups is 1. The number of halogens is 1. The van der Waals surface area contributed by atoms with Crippen molar-refractivity contribution in [2.45, 2.75) is 13.0 Å². The summed E-state index contributed by atoms with van der Waals surface area (Å²) in [6.45, 7) is 1.97. The number of fused-ring (bicyclic) bond motifs is 1. The second kappa shape index (κ2) is 7.03. The first-order valence-corrected chi connectivity index (χ1v) is 8.63. The van der Waals surface area contributed by atoms with E-state index in [0.29, 0.717) is 22.5 Å². The Kier molecular flexibility index (Phi) is 4.42. The van der Waals surface area contributed by atoms with Gasteiger partial charge in [0.2, 0.25) is 0 Å². The van der Waals surface area contributed by atoms with E-state index in [4.69, 9.17) is 0 Å². The van der Waals surface area contributed by atoms with E-state index in [1.54, 1.807) is 18.5 Å². The van der Waals surface area contributed by atoms with E-state index in [0.717, 1.165) is 10.9 Å². The number of hydrogen-bond donors (Lipinski definition) is 2. The van der Waals surface area contributed by atoms with Gasteiger partial charge in [-0.15, -0.1) is 0 Å². The van der Waals surface area contributed by atoms with Gasteiger partial charge in [-0.25, -0.2) is 9.37 Å². The number of nitrogens with zero attached hydrogens (tertiary/aromatic N) is 2. The van der Waals surface area contributed by atoms with Gasteiger partial charge in [-0.3, -0.25) is 4.98 Å². The lowest BCUT2D eigenvalue weighted by atomic mass is 9.96. The second-order valence-corrected chi connectivity index (χ2v) is 6.43. The van der Waals surface area contributed by atoms with Gasteiger partial charge in [-0.05, 0) is 48.4 Å². The van der Waals surface area contributed by atoms with E-state index < -0.39 is 6.04 Å². The third kappa shape index (κ3) is 3.44. The molecule has 1 atom stereocenters. The van der Waals surface area contributed by atoms with Gasteiger partial charge in [0.25, 0.3) is 0 Å². The van der Waals surface area contributed by atoms with Crippen molar-refractivity contribution in [1.29, 1.82) is 0 Å². The van der Waals surface area contributed by atoms with Gasteiger partial charge in [0.15, 0.2) is 0 Å². The van der Waals surface area contributed by atoms with E-state index >= 15 is 0 Å². The van der Waals surface area contributed by atoms with Gasteiger partial charge >= 0.3 is 0 Å². The number of phenolic OH excluding ortho intramolecular Hbond substituents is 1. The van der Waals surface area contributed by atoms with Crippen molar-refractivity contribution in [2.75, 3.05) is 5.32 Å². The maximum atomic E-state index is 13.9. The molecule has 4 nitrogen and oxygen atoms in total. The molecule has 5 heteroatoms. The minimum absolute atomic E-state index is 0.0718. The Labute approximate surface area is 156 Å². The molecule has 27 heavy (non-hydrogen) atoms. The lowest BCUT2D eigenvalue weighted by Gasteiger charge is -2.22. The van der Waals surface area contributed by atoms with Crippen LogP contribution in [-0.2, 0) is 0 Å². The lowest BCUT2D eigenvalue weighted by Crippen LogP contribution is -2.14. The zero-order chi connectivity index (χ0) is 18.8. The molecule has 134 valence electrons. The smallest absolute Gasteiger partial charge is 0.147 e. The summed E-state index contributed by atoms with van der Waals surface area (Å²) in [5, 5.41) is 15.0. The number of aryl methyl sites for hydroxylation is 1. The third-order valence-corrected chi connectivity index (χ3v) is 4.48. The summed E-state index contributed by atoms with van der Waals surface area (Å²) in [7, 11) is 0. The predicted molar refractivity (Wildman–Crippen MR) is 104 cm³/mol. The second-order valence-electron chi connectivity index (χ2n) is 6.43. The molecule has 0 radical (unpaired) electrons. The molecule has 0 aliphatic carbocycles. The van der Waals surface area contributed by atoms with E-state index in [-0.39, 0.29) is 11.6 Å². The number of hydrogen-bond acceptors (Lipinski definition) is 4. The SMILES string of the molecule is Cc1ccnc(NC(c2cccc(F)c2)c2ccc3cccnc3c2O)c1. The van der Waals surface area contributed by atoms with Crippen LogP contribution in [0, 0.1) is 12.7 Å². The largest absolute Gasteiger partial charge is 0.505 e. The fourth-order valence-electron chi connectivity index (χ4n) is 3.17. The summed E-state index contributed by atoms with van der Waals surface area (Å²) in [6, 6.07) is 17.1. The van der Waals surface area contributed by atoms with E-state index in [2.05, 4.69) is 15.3 Å². The Morgan fingerprint density at radius 1 is 0.963 bits per heavy atom. The van der Waals surface area contributed by atoms with E-state index in [1.165, 1.54) is 12.1 Å². The van der Waals surface area contributed by atoms with Crippen molar-refractivity contribution >= 4 is 16.7 Å². The summed E-state index contributed by atoms with van der Waals surface area (Å²) >= 11 is 0. The lowest BCUT2D eigenvalue weighted by molar-refractivity contribution is 0.471. The maximum Gasteiger partial charge on any atom is 0.147 e. The summed E-state index contributed by atoms with van der Waals surface area (Å²) < 4.78 is 13.9. The molecule has 4 rings (SSSR count). The Bertz CT molecular complexity index is 1110. The van der Waals surface area contributed by atoms with Crippen molar-refractivity contribution < 1.29 is 9.50 Å². The molecular formula is C22H18FN3O. The number of rotatable bonds is 4. The number of pyridine rings is 2. The van der Waals surface area contributed by atoms with Crippen LogP contribution in [0.25, 0.3) is 10.9 Å². The molecule has 2 aromatic heterocycles. The average molecular weight is 359 g/mol. The Morgan fingerprint density at radius 2 is 1.85 bits per heavy atom. The average Bonchev–Trinajstić information content (AvgIpc) is 2.67. The summed E-state index contributed by atoms with van der Waals surface area (Å²) in [6.07, 6.45) is 3.35. The van der Waals surface area contributed by atoms with Crippen molar-refractivity contribution in [3.8, 4) is 5.75 Å². The molecule has 0 fully saturated rings. The van der Waals surface area contributed by atoms with Crippen LogP contribution in [0.5, 0.6) is 5.75 Å². The van der Waals surface area contributed by atoms with Crippen molar-refractivity contribution in [3.05, 3.63) is 95.6 Å². The molecule has 0 aliphatic heterocycles. The molecule has 0 bridgehead atoms. The first-order valence-electron chi connectivity index (χ1n) is 8.63. The minimum Gasteiger partial charge on any atom is -0.505 e. The highest BCUT2D eigenvalue weighted by molar-refractivity contribution is 5.86. The standard InChI is InChI=1S/C22H18FN3O/c1-14-9-11-24-19(12-14)26-20(16-4-2-6-17(23)13-16)18-8-7-15-5-3-10-25-21(15)22(18)27/h2-13,20,27H,1H3,(H,24,26). The summed E-state index contributed by atoms with van der Waals surface area (Å²) in [4.78, 5) is 8.63. The fourth-order valence-corrected chi connectivity index (χ4v) is 3.17. The fraction of sp³-hybridized carbons (Fsp3) is 0.0909. The summed E-state index contributed by atoms with van der Waals surface area (Å²) in [5.41, 5.74) is 2.85. The number of aromatic nitrogens is 2. The maximum absolute atomic E-state index is 13.9. The molecule has 1 unspecified atom stereocenters. The van der Waals surface area contributed by atoms with E-state index in [9.17, 15) is 9.50 Å². The van der Waals surface area contributed by atoms with Gasteiger partial charge in [0, 0.05) is 23.3 Å². The molecule has 0 saturated carbocycles. The molecule has 0 aliphatic rings. The summed E-state index contributed by atoms with van der Waals surface area (Å²) in [5.74, 6) is 0.377. The van der Waals surface area contributed by atoms with Crippen LogP contribution < -0.4 is 5.32 Å². The van der Waals surface area contributed by atoms with Crippen LogP contribution >= 0.6 is 0 Å². The van der Waals surface area contributed by atoms with Crippen LogP contribution in [0.15, 0.2) is 73.1 Å². The highest BCUT2D eigenvalue weighted by Crippen LogP contribution is 2.36. The van der Waals surface area contributed by atoms with Gasteiger partial charge < -0.3 is 10.4 Å². The van der Waals surface area contributed by atoms with E-state index in [1.807, 2.05) is 49.4 Å². The highest BCUT2D eigenvalue weighted by atomic mass is 19.1. The monoisotopic (exact) mass is 359 g/mol. The van der Waals surface area contributed by atoms with Crippen LogP contribution in [0.2, 0.25) is 0 Å². The minimum atomic E-state index is -0.485. The highest BCUT2D eigenvalue weighted by Gasteiger charge is 2.21. The molecule has 0 spiro atoms. The zero-order valence-corrected chi connectivity index (χ0v) is 14.7. The van der Waals surface area contributed by atoms with Crippen LogP contribution in [-0.4, -0.2) is 15.1 Å². The molecule has 4 aromatic rings. The Balaban J connectivity index is 1.86. The number of anilines is 1. The first kappa shape index (κ1) is 17.0. The Hall–Kier alpha value is -3.47. The Morgan fingerprint density at radius 3 is 2.67 bits per heavy atom. The van der Waals surface area contributed by atoms with Crippen molar-refractivity contribution in [1.82, 2.24) is 9.97 Å². The molecular weight excluding hydrogens is 341 g/mol. The molecule has 0 amide bonds. The normalized spacial score (nSPS) is 12.1. The third-order valence-electron chi connectivity index (χ3n) is 4.48. The number of nitrogens with one attached hydrogen (secondary N) is 1. The first-order chi connectivity index (χ1) is 13.1. The molecule has 0 saturated heterocycles. The van der Waals surface area contributed by atoms with Gasteiger partial charge in [0.05, 0.1) is 6.04 Å². The topological polar surface area (TPSA) is 58.0 Å². The van der Waals surface area contributed by atoms with Crippen molar-refractivity contribution in [2.24, 2.45) is 0 Å². The van der Waals surface area contributed by atoms with Gasteiger partial charge in [0.1, 0.15) is 22.9 Å². The molecule has 2 heterocycles. The van der Waals surface area contributed by atoms with Crippen molar-refractivity contribution in [3.63, 3.8) is 0 Å². The number of phenols is 1. The quantitative estimate of drug-likeness (QED) is 0.539. The zero-order valence-electron chi connectivity index (χ0n) is 14.7. The predicted octanol–water partition coefficient (Wildman–Crippen LogP) is 4.98. The van der Waals surface area contributed by atoms with Crippen LogP contribution in [0.4, 0.5) is 10.2 Å². The van der Waals surface area contributed by atoms with Crippen LogP contribution in [0.3, 0.4) is 0 Å². The van der Waals surface area contributed by atoms with Gasteiger partial charge in [-0.2, -0.15) is 0 Å². The number of benzene rings is 2. The van der Waals surface area contributed by atoms with Crippen LogP contribution in [0.1, 0.15) is 22.7 Å². The van der Waals surface area contributed by atoms with Gasteiger partial charge in [-0.1, -0.05) is 30.3 Å².